The Bertz CT molecular complexity index is 497. The molecule has 0 radical (unpaired) electrons. The molecule has 0 fully saturated rings. The second kappa shape index (κ2) is 3.59. The van der Waals surface area contributed by atoms with Crippen molar-refractivity contribution in [2.24, 2.45) is 5.72 Å². The number of phenolic OH excluding ortho intramolecular Hbond substituents is 2. The van der Waals surface area contributed by atoms with Gasteiger partial charge in [-0.2, -0.15) is 0 Å². The normalized spacial score (nSPS) is 19.5. The molecule has 0 saturated heterocycles. The summed E-state index contributed by atoms with van der Waals surface area (Å²) in [7, 11) is -4.44. The molecule has 1 aromatic rings. The predicted octanol–water partition coefficient (Wildman–Crippen LogP) is 0.233. The van der Waals surface area contributed by atoms with Gasteiger partial charge in [-0.05, 0) is 17.7 Å². The molecule has 0 aromatic heterocycles. The minimum Gasteiger partial charge on any atom is -0.504 e. The van der Waals surface area contributed by atoms with Crippen LogP contribution in [0.15, 0.2) is 18.2 Å². The summed E-state index contributed by atoms with van der Waals surface area (Å²) in [5, 5.41) is 8.35. The van der Waals surface area contributed by atoms with Gasteiger partial charge in [0.2, 0.25) is 2.86 Å². The number of benzene rings is 1. The van der Waals surface area contributed by atoms with Crippen molar-refractivity contribution in [1.29, 1.82) is 5.72 Å². The molecule has 6 nitrogen and oxygen atoms in total. The zero-order chi connectivity index (χ0) is 15.3. The van der Waals surface area contributed by atoms with E-state index in [2.05, 4.69) is 20.0 Å². The quantitative estimate of drug-likeness (QED) is 0.334. The lowest BCUT2D eigenvalue weighted by atomic mass is 10.2. The van der Waals surface area contributed by atoms with Crippen LogP contribution in [-0.4, -0.2) is 25.7 Å². The van der Waals surface area contributed by atoms with Crippen molar-refractivity contribution in [3.05, 3.63) is 23.8 Å². The monoisotopic (exact) mass is 225 g/mol. The van der Waals surface area contributed by atoms with Gasteiger partial charge < -0.3 is 25.7 Å². The molecule has 1 rings (SSSR count). The molecule has 1 unspecified atom stereocenters. The van der Waals surface area contributed by atoms with E-state index in [1.54, 1.807) is 0 Å². The average Bonchev–Trinajstić information content (AvgIpc) is 2.46. The largest absolute Gasteiger partial charge is 0.504 e. The Morgan fingerprint density at radius 2 is 2.21 bits per heavy atom. The Hall–Kier alpha value is -1.07. The molecule has 0 saturated carbocycles. The number of phenols is 2. The SMILES string of the molecule is [2H]Oc1ccc(C(N([2H])[2H])P(=O)(O[2H])O[2H])cc1O[2H]. The Labute approximate surface area is 88.7 Å². The fourth-order valence-electron chi connectivity index (χ4n) is 0.868. The van der Waals surface area contributed by atoms with Crippen molar-refractivity contribution in [1.82, 2.24) is 0 Å². The van der Waals surface area contributed by atoms with Crippen molar-refractivity contribution in [2.45, 2.75) is 5.78 Å². The molecule has 0 heterocycles. The van der Waals surface area contributed by atoms with Gasteiger partial charge >= 0.3 is 7.60 Å². The van der Waals surface area contributed by atoms with Gasteiger partial charge in [-0.15, -0.1) is 0 Å². The van der Waals surface area contributed by atoms with Gasteiger partial charge in [-0.1, -0.05) is 6.07 Å². The van der Waals surface area contributed by atoms with Crippen LogP contribution in [0, 0.1) is 0 Å². The highest BCUT2D eigenvalue weighted by Crippen LogP contribution is 2.48. The molecule has 0 spiro atoms. The van der Waals surface area contributed by atoms with Gasteiger partial charge in [0.05, 0.1) is 0 Å². The highest BCUT2D eigenvalue weighted by molar-refractivity contribution is 7.52. The first kappa shape index (κ1) is 5.14. The molecule has 14 heavy (non-hydrogen) atoms. The molecular weight excluding hydrogens is 209 g/mol. The fraction of sp³-hybridized carbons (Fsp3) is 0.143. The molecule has 0 aliphatic heterocycles. The summed E-state index contributed by atoms with van der Waals surface area (Å²) < 4.78 is 53.3. The highest BCUT2D eigenvalue weighted by atomic mass is 31.2. The topological polar surface area (TPSA) is 124 Å². The molecule has 0 bridgehead atoms. The van der Waals surface area contributed by atoms with E-state index >= 15 is 0 Å². The minimum atomic E-state index is -4.44. The summed E-state index contributed by atoms with van der Waals surface area (Å²) in [4.78, 5) is 7.71. The van der Waals surface area contributed by atoms with Crippen LogP contribution in [0.4, 0.5) is 0 Å². The maximum absolute atomic E-state index is 12.0. The number of hydrogen-bond acceptors (Lipinski definition) is 6. The van der Waals surface area contributed by atoms with Crippen LogP contribution in [0.3, 0.4) is 0 Å². The number of aromatic hydroxyl groups is 2. The van der Waals surface area contributed by atoms with Gasteiger partial charge in [-0.25, -0.2) is 0 Å². The van der Waals surface area contributed by atoms with Crippen LogP contribution in [0.25, 0.3) is 0 Å². The van der Waals surface area contributed by atoms with E-state index < -0.39 is 13.4 Å². The van der Waals surface area contributed by atoms with E-state index in [4.69, 9.17) is 8.55 Å². The summed E-state index contributed by atoms with van der Waals surface area (Å²) in [6.07, 6.45) is 0. The van der Waals surface area contributed by atoms with Gasteiger partial charge in [0, 0.05) is 0 Å². The molecule has 0 aliphatic carbocycles. The summed E-state index contributed by atoms with van der Waals surface area (Å²) in [6.45, 7) is 0. The molecule has 0 amide bonds. The molecular formula is C7H10NO5P. The summed E-state index contributed by atoms with van der Waals surface area (Å²) in [6, 6.07) is 3.43. The van der Waals surface area contributed by atoms with Crippen molar-refractivity contribution in [3.8, 4) is 11.5 Å². The molecule has 1 aromatic carbocycles. The first-order valence-electron chi connectivity index (χ1n) is 6.03. The summed E-state index contributed by atoms with van der Waals surface area (Å²) in [5.41, 5.74) is -0.116. The van der Waals surface area contributed by atoms with Crippen LogP contribution in [0.1, 0.15) is 11.3 Å². The van der Waals surface area contributed by atoms with Crippen LogP contribution >= 0.6 is 7.60 Å². The van der Waals surface area contributed by atoms with E-state index in [0.29, 0.717) is 0 Å². The smallest absolute Gasteiger partial charge is 0.346 e. The molecule has 78 valence electrons. The molecule has 1 atom stereocenters. The van der Waals surface area contributed by atoms with Gasteiger partial charge in [-0.3, -0.25) is 4.57 Å². The molecule has 6 N–H and O–H groups in total. The molecule has 0 aliphatic rings. The van der Waals surface area contributed by atoms with Crippen molar-refractivity contribution >= 4 is 7.60 Å². The van der Waals surface area contributed by atoms with Crippen molar-refractivity contribution in [2.75, 3.05) is 0 Å². The lowest BCUT2D eigenvalue weighted by Gasteiger charge is -2.13. The lowest BCUT2D eigenvalue weighted by Crippen LogP contribution is -2.10. The Morgan fingerprint density at radius 1 is 1.43 bits per heavy atom. The average molecular weight is 225 g/mol. The standard InChI is InChI=1S/C7H10NO5P/c8-7(14(11,12)13)4-1-2-5(9)6(10)3-4/h1-3,7,9-10H,8H2,(H2,11,12,13)/i/hD6. The summed E-state index contributed by atoms with van der Waals surface area (Å²) in [5.74, 6) is -2.09. The van der Waals surface area contributed by atoms with E-state index in [1.807, 2.05) is 0 Å². The Kier molecular flexibility index (Phi) is 1.32. The van der Waals surface area contributed by atoms with Crippen LogP contribution in [0.5, 0.6) is 11.5 Å². The van der Waals surface area contributed by atoms with Crippen LogP contribution < -0.4 is 5.72 Å². The first-order valence-corrected chi connectivity index (χ1v) is 5.11. The number of nitrogens with two attached hydrogens (primary N) is 1. The third-order valence-corrected chi connectivity index (χ3v) is 2.46. The van der Waals surface area contributed by atoms with Crippen molar-refractivity contribution < 1.29 is 27.4 Å². The zero-order valence-electron chi connectivity index (χ0n) is 12.7. The fourth-order valence-corrected chi connectivity index (χ4v) is 1.39. The van der Waals surface area contributed by atoms with E-state index in [9.17, 15) is 4.57 Å². The maximum Gasteiger partial charge on any atom is 0.346 e. The first-order chi connectivity index (χ1) is 9.43. The van der Waals surface area contributed by atoms with Gasteiger partial charge in [0.1, 0.15) is 8.61 Å². The third kappa shape index (κ3) is 2.24. The second-order valence-corrected chi connectivity index (χ2v) is 4.19. The van der Waals surface area contributed by atoms with Crippen molar-refractivity contribution in [3.63, 3.8) is 0 Å². The highest BCUT2D eigenvalue weighted by Gasteiger charge is 2.26. The third-order valence-electron chi connectivity index (χ3n) is 1.57. The Morgan fingerprint density at radius 3 is 2.79 bits per heavy atom. The second-order valence-electron chi connectivity index (χ2n) is 2.62. The van der Waals surface area contributed by atoms with E-state index in [1.165, 1.54) is 12.1 Å². The lowest BCUT2D eigenvalue weighted by molar-refractivity contribution is 0.359. The predicted molar refractivity (Wildman–Crippen MR) is 48.7 cm³/mol. The van der Waals surface area contributed by atoms with Crippen LogP contribution in [-0.2, 0) is 4.57 Å². The maximum atomic E-state index is 12.0. The van der Waals surface area contributed by atoms with E-state index in [-0.39, 0.29) is 22.8 Å². The Balaban J connectivity index is 3.33. The van der Waals surface area contributed by atoms with Gasteiger partial charge in [0.15, 0.2) is 11.5 Å². The van der Waals surface area contributed by atoms with Crippen LogP contribution in [0.2, 0.25) is 2.82 Å². The van der Waals surface area contributed by atoms with Gasteiger partial charge in [0.25, 0.3) is 2.86 Å². The molecule has 7 heteroatoms. The minimum absolute atomic E-state index is 0.0547. The summed E-state index contributed by atoms with van der Waals surface area (Å²) >= 11 is 0. The number of hydrogen-bond donors (Lipinski definition) is 5. The number of rotatable bonds is 7. The van der Waals surface area contributed by atoms with E-state index in [0.717, 1.165) is 6.07 Å². The zero-order valence-corrected chi connectivity index (χ0v) is 7.64.